The molecule has 0 amide bonds. The predicted molar refractivity (Wildman–Crippen MR) is 134 cm³/mol. The molecule has 4 heteroatoms. The molecule has 0 spiro atoms. The Kier molecular flexibility index (Phi) is 6.08. The maximum atomic E-state index is 4.92. The second-order valence-electron chi connectivity index (χ2n) is 9.07. The van der Waals surface area contributed by atoms with Gasteiger partial charge in [-0.3, -0.25) is 9.97 Å². The predicted octanol–water partition coefficient (Wildman–Crippen LogP) is 7.42. The zero-order valence-electron chi connectivity index (χ0n) is 18.1. The minimum atomic E-state index is 0.0209. The average molecular weight is 433 g/mol. The molecule has 0 aliphatic carbocycles. The van der Waals surface area contributed by atoms with Gasteiger partial charge >= 0.3 is 0 Å². The van der Waals surface area contributed by atoms with Crippen molar-refractivity contribution in [3.05, 3.63) is 84.2 Å². The van der Waals surface area contributed by atoms with Crippen molar-refractivity contribution in [1.82, 2.24) is 9.97 Å². The second-order valence-corrected chi connectivity index (χ2v) is 11.5. The van der Waals surface area contributed by atoms with Crippen LogP contribution in [0.1, 0.15) is 39.1 Å². The Bertz CT molecular complexity index is 1070. The summed E-state index contributed by atoms with van der Waals surface area (Å²) in [6, 6.07) is 25.4. The first kappa shape index (κ1) is 21.2. The third-order valence-corrected chi connectivity index (χ3v) is 8.56. The minimum absolute atomic E-state index is 0.0209. The fraction of sp³-hybridized carbons (Fsp3) is 0.308. The standard InChI is InChI=1S/C26H28N2S2/c1-25(2,23-15-13-19-9-5-7-11-21(19)27-23)17-29-30-18-26(3,4)24-16-14-20-10-6-8-12-22(20)28-24/h5-16H,17-18H2,1-4H3. The zero-order chi connectivity index (χ0) is 21.2. The van der Waals surface area contributed by atoms with Gasteiger partial charge in [0.1, 0.15) is 0 Å². The topological polar surface area (TPSA) is 25.8 Å². The lowest BCUT2D eigenvalue weighted by Gasteiger charge is -2.26. The molecule has 30 heavy (non-hydrogen) atoms. The molecule has 154 valence electrons. The van der Waals surface area contributed by atoms with Crippen LogP contribution in [0.15, 0.2) is 72.8 Å². The van der Waals surface area contributed by atoms with Gasteiger partial charge < -0.3 is 0 Å². The Hall–Kier alpha value is -2.04. The normalized spacial score (nSPS) is 12.5. The summed E-state index contributed by atoms with van der Waals surface area (Å²) in [5, 5.41) is 2.40. The van der Waals surface area contributed by atoms with E-state index >= 15 is 0 Å². The van der Waals surface area contributed by atoms with E-state index in [-0.39, 0.29) is 10.8 Å². The van der Waals surface area contributed by atoms with Crippen molar-refractivity contribution in [2.24, 2.45) is 0 Å². The van der Waals surface area contributed by atoms with Gasteiger partial charge in [0.2, 0.25) is 0 Å². The summed E-state index contributed by atoms with van der Waals surface area (Å²) in [6.07, 6.45) is 0. The van der Waals surface area contributed by atoms with Crippen LogP contribution in [0, 0.1) is 0 Å². The maximum absolute atomic E-state index is 4.92. The number of pyridine rings is 2. The summed E-state index contributed by atoms with van der Waals surface area (Å²) < 4.78 is 0. The average Bonchev–Trinajstić information content (AvgIpc) is 2.76. The van der Waals surface area contributed by atoms with Crippen LogP contribution < -0.4 is 0 Å². The molecule has 0 aliphatic rings. The van der Waals surface area contributed by atoms with E-state index in [4.69, 9.17) is 9.97 Å². The van der Waals surface area contributed by atoms with Crippen LogP contribution >= 0.6 is 21.6 Å². The Balaban J connectivity index is 1.38. The number of benzene rings is 2. The summed E-state index contributed by atoms with van der Waals surface area (Å²) in [7, 11) is 3.87. The highest BCUT2D eigenvalue weighted by atomic mass is 33.1. The van der Waals surface area contributed by atoms with E-state index in [0.29, 0.717) is 0 Å². The molecule has 0 atom stereocenters. The third-order valence-electron chi connectivity index (χ3n) is 5.51. The molecule has 0 N–H and O–H groups in total. The van der Waals surface area contributed by atoms with Gasteiger partial charge in [0.25, 0.3) is 0 Å². The molecule has 4 aromatic rings. The van der Waals surface area contributed by atoms with E-state index in [2.05, 4.69) is 100 Å². The van der Waals surface area contributed by atoms with Gasteiger partial charge in [-0.15, -0.1) is 0 Å². The fourth-order valence-electron chi connectivity index (χ4n) is 3.41. The zero-order valence-corrected chi connectivity index (χ0v) is 19.7. The lowest BCUT2D eigenvalue weighted by molar-refractivity contribution is 0.581. The molecule has 0 bridgehead atoms. The van der Waals surface area contributed by atoms with Crippen LogP contribution in [0.3, 0.4) is 0 Å². The van der Waals surface area contributed by atoms with Gasteiger partial charge in [-0.05, 0) is 24.3 Å². The molecule has 2 heterocycles. The lowest BCUT2D eigenvalue weighted by atomic mass is 9.91. The van der Waals surface area contributed by atoms with Gasteiger partial charge in [-0.1, -0.05) is 97.8 Å². The van der Waals surface area contributed by atoms with Crippen molar-refractivity contribution in [3.8, 4) is 0 Å². The quantitative estimate of drug-likeness (QED) is 0.224. The third kappa shape index (κ3) is 4.65. The number of hydrogen-bond acceptors (Lipinski definition) is 4. The summed E-state index contributed by atoms with van der Waals surface area (Å²) in [5.41, 5.74) is 4.50. The van der Waals surface area contributed by atoms with Gasteiger partial charge in [0, 0.05) is 44.5 Å². The molecular formula is C26H28N2S2. The summed E-state index contributed by atoms with van der Waals surface area (Å²) >= 11 is 0. The van der Waals surface area contributed by atoms with Crippen molar-refractivity contribution in [2.45, 2.75) is 38.5 Å². The molecule has 0 saturated carbocycles. The van der Waals surface area contributed by atoms with Gasteiger partial charge in [0.15, 0.2) is 0 Å². The second kappa shape index (κ2) is 8.60. The number of aromatic nitrogens is 2. The van der Waals surface area contributed by atoms with Gasteiger partial charge in [0.05, 0.1) is 11.0 Å². The smallest absolute Gasteiger partial charge is 0.0705 e. The first-order chi connectivity index (χ1) is 14.4. The SMILES string of the molecule is CC(C)(CSSCC(C)(C)c1ccc2ccccc2n1)c1ccc2ccccc2n1. The van der Waals surface area contributed by atoms with Gasteiger partial charge in [-0.25, -0.2) is 0 Å². The molecule has 0 fully saturated rings. The van der Waals surface area contributed by atoms with Crippen LogP contribution in [-0.4, -0.2) is 21.5 Å². The van der Waals surface area contributed by atoms with Crippen LogP contribution in [-0.2, 0) is 10.8 Å². The molecule has 2 nitrogen and oxygen atoms in total. The molecule has 0 saturated heterocycles. The van der Waals surface area contributed by atoms with E-state index in [1.165, 1.54) is 10.8 Å². The van der Waals surface area contributed by atoms with Crippen LogP contribution in [0.25, 0.3) is 21.8 Å². The van der Waals surface area contributed by atoms with Crippen molar-refractivity contribution >= 4 is 43.4 Å². The molecule has 0 aliphatic heterocycles. The highest BCUT2D eigenvalue weighted by molar-refractivity contribution is 8.76. The van der Waals surface area contributed by atoms with E-state index in [0.717, 1.165) is 33.9 Å². The van der Waals surface area contributed by atoms with E-state index in [1.807, 2.05) is 21.6 Å². The Morgan fingerprint density at radius 3 is 1.40 bits per heavy atom. The lowest BCUT2D eigenvalue weighted by Crippen LogP contribution is -2.23. The number of para-hydroxylation sites is 2. The van der Waals surface area contributed by atoms with Crippen LogP contribution in [0.5, 0.6) is 0 Å². The number of nitrogens with zero attached hydrogens (tertiary/aromatic N) is 2. The molecule has 2 aromatic heterocycles. The van der Waals surface area contributed by atoms with Crippen molar-refractivity contribution in [2.75, 3.05) is 11.5 Å². The Morgan fingerprint density at radius 2 is 0.967 bits per heavy atom. The van der Waals surface area contributed by atoms with Gasteiger partial charge in [-0.2, -0.15) is 0 Å². The fourth-order valence-corrected chi connectivity index (χ4v) is 6.73. The molecule has 0 radical (unpaired) electrons. The van der Waals surface area contributed by atoms with Crippen LogP contribution in [0.2, 0.25) is 0 Å². The van der Waals surface area contributed by atoms with Crippen molar-refractivity contribution in [1.29, 1.82) is 0 Å². The van der Waals surface area contributed by atoms with E-state index in [1.54, 1.807) is 0 Å². The summed E-state index contributed by atoms with van der Waals surface area (Å²) in [4.78, 5) is 9.84. The van der Waals surface area contributed by atoms with Crippen molar-refractivity contribution < 1.29 is 0 Å². The summed E-state index contributed by atoms with van der Waals surface area (Å²) in [5.74, 6) is 2.04. The van der Waals surface area contributed by atoms with E-state index in [9.17, 15) is 0 Å². The molecule has 4 rings (SSSR count). The summed E-state index contributed by atoms with van der Waals surface area (Å²) in [6.45, 7) is 9.14. The molecule has 2 aromatic carbocycles. The molecule has 0 unspecified atom stereocenters. The van der Waals surface area contributed by atoms with E-state index < -0.39 is 0 Å². The van der Waals surface area contributed by atoms with Crippen LogP contribution in [0.4, 0.5) is 0 Å². The Labute approximate surface area is 187 Å². The molecular weight excluding hydrogens is 404 g/mol. The largest absolute Gasteiger partial charge is 0.252 e. The Morgan fingerprint density at radius 1 is 0.567 bits per heavy atom. The van der Waals surface area contributed by atoms with Crippen molar-refractivity contribution in [3.63, 3.8) is 0 Å². The highest BCUT2D eigenvalue weighted by Gasteiger charge is 2.26. The monoisotopic (exact) mass is 432 g/mol. The maximum Gasteiger partial charge on any atom is 0.0705 e. The highest BCUT2D eigenvalue weighted by Crippen LogP contribution is 2.37. The number of fused-ring (bicyclic) bond motifs is 2. The first-order valence-corrected chi connectivity index (χ1v) is 12.8. The number of rotatable bonds is 7. The minimum Gasteiger partial charge on any atom is -0.252 e. The first-order valence-electron chi connectivity index (χ1n) is 10.3. The number of hydrogen-bond donors (Lipinski definition) is 0.